The van der Waals surface area contributed by atoms with Crippen molar-refractivity contribution < 1.29 is 4.79 Å². The summed E-state index contributed by atoms with van der Waals surface area (Å²) in [4.78, 5) is 13.5. The van der Waals surface area contributed by atoms with Crippen LogP contribution in [0.5, 0.6) is 0 Å². The Balaban J connectivity index is 2.46. The van der Waals surface area contributed by atoms with Gasteiger partial charge in [0.15, 0.2) is 0 Å². The molecule has 94 valence electrons. The molecule has 1 aromatic rings. The molecule has 0 radical (unpaired) electrons. The Hall–Kier alpha value is -1.55. The number of carbonyl (C=O) groups is 1. The fourth-order valence-electron chi connectivity index (χ4n) is 1.80. The van der Waals surface area contributed by atoms with Crippen LogP contribution in [0.1, 0.15) is 12.5 Å². The standard InChI is InChI=1S/C13H21N3O/c1-10(13(17)15-2)8-16(3)9-11-4-6-12(14)7-5-11/h4-7,10H,8-9,14H2,1-3H3,(H,15,17). The van der Waals surface area contributed by atoms with Gasteiger partial charge in [-0.15, -0.1) is 0 Å². The van der Waals surface area contributed by atoms with E-state index in [2.05, 4.69) is 10.2 Å². The monoisotopic (exact) mass is 235 g/mol. The van der Waals surface area contributed by atoms with E-state index in [9.17, 15) is 4.79 Å². The highest BCUT2D eigenvalue weighted by Crippen LogP contribution is 2.09. The average molecular weight is 235 g/mol. The summed E-state index contributed by atoms with van der Waals surface area (Å²) in [6.07, 6.45) is 0. The van der Waals surface area contributed by atoms with Crippen molar-refractivity contribution in [2.75, 3.05) is 26.4 Å². The maximum atomic E-state index is 11.4. The van der Waals surface area contributed by atoms with Gasteiger partial charge in [-0.1, -0.05) is 19.1 Å². The topological polar surface area (TPSA) is 58.4 Å². The molecular weight excluding hydrogens is 214 g/mol. The van der Waals surface area contributed by atoms with E-state index < -0.39 is 0 Å². The van der Waals surface area contributed by atoms with Gasteiger partial charge in [-0.05, 0) is 24.7 Å². The minimum absolute atomic E-state index is 0.00113. The third-order valence-corrected chi connectivity index (χ3v) is 2.71. The van der Waals surface area contributed by atoms with Crippen molar-refractivity contribution in [3.8, 4) is 0 Å². The fourth-order valence-corrected chi connectivity index (χ4v) is 1.80. The molecule has 4 nitrogen and oxygen atoms in total. The second-order valence-electron chi connectivity index (χ2n) is 4.45. The number of anilines is 1. The summed E-state index contributed by atoms with van der Waals surface area (Å²) in [6.45, 7) is 3.49. The van der Waals surface area contributed by atoms with Crippen molar-refractivity contribution in [1.82, 2.24) is 10.2 Å². The van der Waals surface area contributed by atoms with Crippen LogP contribution >= 0.6 is 0 Å². The summed E-state index contributed by atoms with van der Waals surface area (Å²) in [5.41, 5.74) is 7.60. The molecule has 1 unspecified atom stereocenters. The number of nitrogens with zero attached hydrogens (tertiary/aromatic N) is 1. The normalized spacial score (nSPS) is 12.5. The van der Waals surface area contributed by atoms with E-state index in [0.29, 0.717) is 0 Å². The van der Waals surface area contributed by atoms with Gasteiger partial charge in [0.1, 0.15) is 0 Å². The maximum Gasteiger partial charge on any atom is 0.223 e. The first kappa shape index (κ1) is 13.5. The number of nitrogens with one attached hydrogen (secondary N) is 1. The van der Waals surface area contributed by atoms with Gasteiger partial charge in [-0.3, -0.25) is 4.79 Å². The molecule has 0 aromatic heterocycles. The first-order valence-electron chi connectivity index (χ1n) is 5.77. The van der Waals surface area contributed by atoms with Crippen LogP contribution in [-0.2, 0) is 11.3 Å². The van der Waals surface area contributed by atoms with Gasteiger partial charge < -0.3 is 16.0 Å². The third-order valence-electron chi connectivity index (χ3n) is 2.71. The Labute approximate surface area is 103 Å². The summed E-state index contributed by atoms with van der Waals surface area (Å²) in [6, 6.07) is 7.81. The Bertz CT molecular complexity index is 361. The fraction of sp³-hybridized carbons (Fsp3) is 0.462. The van der Waals surface area contributed by atoms with Crippen molar-refractivity contribution in [2.24, 2.45) is 5.92 Å². The zero-order valence-corrected chi connectivity index (χ0v) is 10.7. The van der Waals surface area contributed by atoms with Crippen LogP contribution in [0.3, 0.4) is 0 Å². The van der Waals surface area contributed by atoms with Gasteiger partial charge >= 0.3 is 0 Å². The largest absolute Gasteiger partial charge is 0.399 e. The zero-order valence-electron chi connectivity index (χ0n) is 10.7. The summed E-state index contributed by atoms with van der Waals surface area (Å²) in [5, 5.41) is 2.66. The number of carbonyl (C=O) groups excluding carboxylic acids is 1. The van der Waals surface area contributed by atoms with E-state index in [1.165, 1.54) is 5.56 Å². The van der Waals surface area contributed by atoms with E-state index in [1.54, 1.807) is 7.05 Å². The molecule has 1 atom stereocenters. The lowest BCUT2D eigenvalue weighted by molar-refractivity contribution is -0.124. The molecule has 0 aliphatic rings. The van der Waals surface area contributed by atoms with Gasteiger partial charge in [0.25, 0.3) is 0 Å². The predicted molar refractivity (Wildman–Crippen MR) is 70.4 cm³/mol. The molecule has 1 amide bonds. The quantitative estimate of drug-likeness (QED) is 0.751. The Morgan fingerprint density at radius 2 is 2.00 bits per heavy atom. The van der Waals surface area contributed by atoms with Crippen molar-refractivity contribution in [1.29, 1.82) is 0 Å². The molecule has 0 saturated heterocycles. The number of hydrogen-bond donors (Lipinski definition) is 2. The molecule has 0 bridgehead atoms. The van der Waals surface area contributed by atoms with Crippen LogP contribution in [0.2, 0.25) is 0 Å². The molecule has 0 heterocycles. The van der Waals surface area contributed by atoms with Crippen LogP contribution in [0.4, 0.5) is 5.69 Å². The Morgan fingerprint density at radius 3 is 2.53 bits per heavy atom. The van der Waals surface area contributed by atoms with E-state index in [4.69, 9.17) is 5.73 Å². The molecule has 0 saturated carbocycles. The molecule has 0 spiro atoms. The number of nitrogen functional groups attached to an aromatic ring is 1. The Kier molecular flexibility index (Phi) is 4.97. The van der Waals surface area contributed by atoms with Gasteiger partial charge in [0.05, 0.1) is 0 Å². The van der Waals surface area contributed by atoms with Crippen molar-refractivity contribution >= 4 is 11.6 Å². The lowest BCUT2D eigenvalue weighted by Crippen LogP contribution is -2.34. The van der Waals surface area contributed by atoms with Crippen LogP contribution in [0.15, 0.2) is 24.3 Å². The van der Waals surface area contributed by atoms with Gasteiger partial charge in [-0.25, -0.2) is 0 Å². The minimum Gasteiger partial charge on any atom is -0.399 e. The molecule has 3 N–H and O–H groups in total. The van der Waals surface area contributed by atoms with Gasteiger partial charge in [-0.2, -0.15) is 0 Å². The number of benzene rings is 1. The van der Waals surface area contributed by atoms with Gasteiger partial charge in [0, 0.05) is 31.7 Å². The molecule has 1 rings (SSSR count). The number of hydrogen-bond acceptors (Lipinski definition) is 3. The second-order valence-corrected chi connectivity index (χ2v) is 4.45. The SMILES string of the molecule is CNC(=O)C(C)CN(C)Cc1ccc(N)cc1. The van der Waals surface area contributed by atoms with Crippen LogP contribution in [0.25, 0.3) is 0 Å². The smallest absolute Gasteiger partial charge is 0.223 e. The number of rotatable bonds is 5. The zero-order chi connectivity index (χ0) is 12.8. The molecule has 0 fully saturated rings. The summed E-state index contributed by atoms with van der Waals surface area (Å²) < 4.78 is 0. The summed E-state index contributed by atoms with van der Waals surface area (Å²) >= 11 is 0. The first-order valence-corrected chi connectivity index (χ1v) is 5.77. The lowest BCUT2D eigenvalue weighted by atomic mass is 10.1. The highest BCUT2D eigenvalue weighted by molar-refractivity contribution is 5.78. The highest BCUT2D eigenvalue weighted by atomic mass is 16.1. The molecule has 0 aliphatic carbocycles. The highest BCUT2D eigenvalue weighted by Gasteiger charge is 2.13. The van der Waals surface area contributed by atoms with Crippen molar-refractivity contribution in [3.63, 3.8) is 0 Å². The van der Waals surface area contributed by atoms with E-state index in [0.717, 1.165) is 18.8 Å². The molecule has 4 heteroatoms. The predicted octanol–water partition coefficient (Wildman–Crippen LogP) is 1.08. The van der Waals surface area contributed by atoms with Crippen LogP contribution in [-0.4, -0.2) is 31.4 Å². The second kappa shape index (κ2) is 6.25. The van der Waals surface area contributed by atoms with Crippen LogP contribution in [0, 0.1) is 5.92 Å². The minimum atomic E-state index is -0.00113. The molecular formula is C13H21N3O. The first-order chi connectivity index (χ1) is 8.02. The van der Waals surface area contributed by atoms with Crippen molar-refractivity contribution in [3.05, 3.63) is 29.8 Å². The van der Waals surface area contributed by atoms with Crippen molar-refractivity contribution in [2.45, 2.75) is 13.5 Å². The maximum absolute atomic E-state index is 11.4. The van der Waals surface area contributed by atoms with Crippen LogP contribution < -0.4 is 11.1 Å². The Morgan fingerprint density at radius 1 is 1.41 bits per heavy atom. The molecule has 1 aromatic carbocycles. The number of nitrogens with two attached hydrogens (primary N) is 1. The third kappa shape index (κ3) is 4.44. The summed E-state index contributed by atoms with van der Waals surface area (Å²) in [7, 11) is 3.68. The summed E-state index contributed by atoms with van der Waals surface area (Å²) in [5.74, 6) is 0.0768. The molecule has 0 aliphatic heterocycles. The lowest BCUT2D eigenvalue weighted by Gasteiger charge is -2.20. The van der Waals surface area contributed by atoms with E-state index in [1.807, 2.05) is 38.2 Å². The average Bonchev–Trinajstić information content (AvgIpc) is 2.30. The molecule has 17 heavy (non-hydrogen) atoms. The van der Waals surface area contributed by atoms with Gasteiger partial charge in [0.2, 0.25) is 5.91 Å². The van der Waals surface area contributed by atoms with E-state index in [-0.39, 0.29) is 11.8 Å². The number of amides is 1. The van der Waals surface area contributed by atoms with E-state index >= 15 is 0 Å².